The van der Waals surface area contributed by atoms with Crippen molar-refractivity contribution in [3.8, 4) is 22.9 Å². The van der Waals surface area contributed by atoms with E-state index in [-0.39, 0.29) is 24.6 Å². The highest BCUT2D eigenvalue weighted by molar-refractivity contribution is 5.48. The minimum Gasteiger partial charge on any atom is -0.493 e. The van der Waals surface area contributed by atoms with Crippen LogP contribution in [0.4, 0.5) is 8.78 Å². The summed E-state index contributed by atoms with van der Waals surface area (Å²) in [5.41, 5.74) is -0.130. The molecule has 0 radical (unpaired) electrons. The van der Waals surface area contributed by atoms with Crippen LogP contribution >= 0.6 is 0 Å². The number of aliphatic hydroxyl groups is 1. The van der Waals surface area contributed by atoms with Crippen LogP contribution in [0.5, 0.6) is 17.2 Å². The van der Waals surface area contributed by atoms with Crippen LogP contribution in [0.15, 0.2) is 59.5 Å². The fourth-order valence-corrected chi connectivity index (χ4v) is 2.57. The quantitative estimate of drug-likeness (QED) is 0.566. The predicted octanol–water partition coefficient (Wildman–Crippen LogP) is 3.69. The topological polar surface area (TPSA) is 82.8 Å². The average Bonchev–Trinajstić information content (AvgIpc) is 2.78. The maximum absolute atomic E-state index is 13.0. The van der Waals surface area contributed by atoms with E-state index in [1.807, 2.05) is 0 Å². The SMILES string of the molecule is CF.COc1cc(-n2ncc(OCc3ccc(F)cc3)cc2=O)ccc1OCC(C)(C)O. The molecule has 3 aromatic rings. The Morgan fingerprint density at radius 2 is 1.72 bits per heavy atom. The fourth-order valence-electron chi connectivity index (χ4n) is 2.57. The number of nitrogens with zero attached hydrogens (tertiary/aromatic N) is 2. The van der Waals surface area contributed by atoms with Crippen molar-refractivity contribution < 1.29 is 28.1 Å². The van der Waals surface area contributed by atoms with E-state index >= 15 is 0 Å². The molecule has 3 rings (SSSR count). The summed E-state index contributed by atoms with van der Waals surface area (Å²) in [5, 5.41) is 14.0. The van der Waals surface area contributed by atoms with E-state index in [1.54, 1.807) is 44.2 Å². The van der Waals surface area contributed by atoms with E-state index in [0.717, 1.165) is 5.56 Å². The van der Waals surface area contributed by atoms with E-state index in [0.29, 0.717) is 30.1 Å². The minimum absolute atomic E-state index is 0.0843. The Labute approximate surface area is 184 Å². The number of rotatable bonds is 8. The van der Waals surface area contributed by atoms with Gasteiger partial charge in [0.25, 0.3) is 5.56 Å². The summed E-state index contributed by atoms with van der Waals surface area (Å²) in [6, 6.07) is 12.2. The smallest absolute Gasteiger partial charge is 0.275 e. The molecule has 0 saturated carbocycles. The summed E-state index contributed by atoms with van der Waals surface area (Å²) in [6.07, 6.45) is 1.43. The monoisotopic (exact) mass is 448 g/mol. The standard InChI is InChI=1S/C22H23FN2O5.CH3F/c1-22(2,27)14-30-19-9-8-17(10-20(19)28-3)25-21(26)11-18(12-24-25)29-13-15-4-6-16(23)7-5-15;1-2/h4-12,27H,13-14H2,1-3H3;1H3. The summed E-state index contributed by atoms with van der Waals surface area (Å²) < 4.78 is 40.1. The minimum atomic E-state index is -0.994. The number of alkyl halides is 1. The molecule has 1 heterocycles. The van der Waals surface area contributed by atoms with Gasteiger partial charge in [0.05, 0.1) is 31.8 Å². The molecule has 1 N–H and O–H groups in total. The predicted molar refractivity (Wildman–Crippen MR) is 116 cm³/mol. The normalized spacial score (nSPS) is 10.7. The molecule has 0 bridgehead atoms. The van der Waals surface area contributed by atoms with Gasteiger partial charge in [-0.3, -0.25) is 9.18 Å². The van der Waals surface area contributed by atoms with E-state index < -0.39 is 5.60 Å². The van der Waals surface area contributed by atoms with Crippen LogP contribution in [0.1, 0.15) is 19.4 Å². The number of hydrogen-bond donors (Lipinski definition) is 1. The highest BCUT2D eigenvalue weighted by atomic mass is 19.1. The molecular weight excluding hydrogens is 422 g/mol. The lowest BCUT2D eigenvalue weighted by molar-refractivity contribution is 0.0276. The number of benzene rings is 2. The van der Waals surface area contributed by atoms with Crippen molar-refractivity contribution in [1.82, 2.24) is 9.78 Å². The average molecular weight is 448 g/mol. The Morgan fingerprint density at radius 3 is 2.31 bits per heavy atom. The lowest BCUT2D eigenvalue weighted by atomic mass is 10.2. The Kier molecular flexibility index (Phi) is 8.71. The van der Waals surface area contributed by atoms with Crippen LogP contribution in [0.25, 0.3) is 5.69 Å². The Balaban J connectivity index is 0.00000176. The lowest BCUT2D eigenvalue weighted by Gasteiger charge is -2.19. The molecule has 2 aromatic carbocycles. The first-order valence-electron chi connectivity index (χ1n) is 9.63. The molecule has 32 heavy (non-hydrogen) atoms. The van der Waals surface area contributed by atoms with Crippen LogP contribution < -0.4 is 19.8 Å². The van der Waals surface area contributed by atoms with E-state index in [9.17, 15) is 18.7 Å². The van der Waals surface area contributed by atoms with Gasteiger partial charge in [0, 0.05) is 12.1 Å². The molecule has 0 fully saturated rings. The van der Waals surface area contributed by atoms with Gasteiger partial charge in [-0.15, -0.1) is 0 Å². The van der Waals surface area contributed by atoms with Crippen LogP contribution in [-0.2, 0) is 6.61 Å². The molecular formula is C23H26F2N2O5. The van der Waals surface area contributed by atoms with Crippen molar-refractivity contribution in [2.45, 2.75) is 26.1 Å². The molecule has 0 amide bonds. The Hall–Kier alpha value is -3.46. The number of aromatic nitrogens is 2. The van der Waals surface area contributed by atoms with Crippen LogP contribution in [-0.4, -0.2) is 41.4 Å². The molecule has 172 valence electrons. The molecule has 1 aromatic heterocycles. The van der Waals surface area contributed by atoms with Gasteiger partial charge in [-0.05, 0) is 43.7 Å². The van der Waals surface area contributed by atoms with Gasteiger partial charge in [0.15, 0.2) is 11.5 Å². The van der Waals surface area contributed by atoms with E-state index in [1.165, 1.54) is 36.2 Å². The van der Waals surface area contributed by atoms with Gasteiger partial charge in [0.1, 0.15) is 24.8 Å². The first-order chi connectivity index (χ1) is 15.2. The summed E-state index contributed by atoms with van der Waals surface area (Å²) in [6.45, 7) is 3.54. The second-order valence-electron chi connectivity index (χ2n) is 7.29. The third kappa shape index (κ3) is 7.05. The van der Waals surface area contributed by atoms with Gasteiger partial charge in [0.2, 0.25) is 0 Å². The zero-order chi connectivity index (χ0) is 23.7. The van der Waals surface area contributed by atoms with Gasteiger partial charge in [-0.2, -0.15) is 9.78 Å². The first kappa shape index (κ1) is 24.8. The van der Waals surface area contributed by atoms with Gasteiger partial charge < -0.3 is 19.3 Å². The molecule has 9 heteroatoms. The van der Waals surface area contributed by atoms with Crippen molar-refractivity contribution in [2.75, 3.05) is 20.9 Å². The van der Waals surface area contributed by atoms with Crippen molar-refractivity contribution in [1.29, 1.82) is 0 Å². The molecule has 0 spiro atoms. The highest BCUT2D eigenvalue weighted by Gasteiger charge is 2.16. The van der Waals surface area contributed by atoms with Gasteiger partial charge in [-0.1, -0.05) is 12.1 Å². The Morgan fingerprint density at radius 1 is 1.03 bits per heavy atom. The zero-order valence-corrected chi connectivity index (χ0v) is 18.3. The van der Waals surface area contributed by atoms with Gasteiger partial charge >= 0.3 is 0 Å². The summed E-state index contributed by atoms with van der Waals surface area (Å²) in [4.78, 5) is 12.5. The van der Waals surface area contributed by atoms with Crippen molar-refractivity contribution >= 4 is 0 Å². The van der Waals surface area contributed by atoms with Crippen LogP contribution in [0.3, 0.4) is 0 Å². The number of hydrogen-bond acceptors (Lipinski definition) is 6. The number of ether oxygens (including phenoxy) is 3. The zero-order valence-electron chi connectivity index (χ0n) is 18.3. The van der Waals surface area contributed by atoms with Crippen molar-refractivity contribution in [3.63, 3.8) is 0 Å². The van der Waals surface area contributed by atoms with Crippen molar-refractivity contribution in [3.05, 3.63) is 76.5 Å². The molecule has 0 aliphatic heterocycles. The molecule has 0 unspecified atom stereocenters. The number of methoxy groups -OCH3 is 1. The number of halogens is 2. The van der Waals surface area contributed by atoms with E-state index in [4.69, 9.17) is 14.2 Å². The summed E-state index contributed by atoms with van der Waals surface area (Å²) in [5.74, 6) is 0.824. The van der Waals surface area contributed by atoms with Crippen LogP contribution in [0, 0.1) is 5.82 Å². The highest BCUT2D eigenvalue weighted by Crippen LogP contribution is 2.29. The molecule has 0 saturated heterocycles. The first-order valence-corrected chi connectivity index (χ1v) is 9.63. The second-order valence-corrected chi connectivity index (χ2v) is 7.29. The van der Waals surface area contributed by atoms with Gasteiger partial charge in [-0.25, -0.2) is 4.39 Å². The third-order valence-electron chi connectivity index (χ3n) is 4.07. The van der Waals surface area contributed by atoms with E-state index in [2.05, 4.69) is 5.10 Å². The summed E-state index contributed by atoms with van der Waals surface area (Å²) >= 11 is 0. The fraction of sp³-hybridized carbons (Fsp3) is 0.304. The third-order valence-corrected chi connectivity index (χ3v) is 4.07. The Bertz CT molecular complexity index is 1060. The molecule has 7 nitrogen and oxygen atoms in total. The molecule has 0 aliphatic rings. The lowest BCUT2D eigenvalue weighted by Crippen LogP contribution is -2.28. The summed E-state index contributed by atoms with van der Waals surface area (Å²) in [7, 11) is 1.98. The van der Waals surface area contributed by atoms with Crippen molar-refractivity contribution in [2.24, 2.45) is 0 Å². The van der Waals surface area contributed by atoms with Crippen LogP contribution in [0.2, 0.25) is 0 Å². The maximum atomic E-state index is 13.0. The maximum Gasteiger partial charge on any atom is 0.275 e. The largest absolute Gasteiger partial charge is 0.493 e. The molecule has 0 aliphatic carbocycles. The molecule has 0 atom stereocenters. The second kappa shape index (κ2) is 11.2.